The number of hydrogen-bond donors (Lipinski definition) is 1. The Hall–Kier alpha value is -2.14. The second-order valence-corrected chi connectivity index (χ2v) is 8.17. The lowest BCUT2D eigenvalue weighted by Gasteiger charge is -2.31. The molecule has 1 aromatic heterocycles. The van der Waals surface area contributed by atoms with Gasteiger partial charge in [-0.05, 0) is 57.1 Å². The van der Waals surface area contributed by atoms with Crippen LogP contribution in [0.25, 0.3) is 10.8 Å². The van der Waals surface area contributed by atoms with Gasteiger partial charge >= 0.3 is 0 Å². The fraction of sp³-hybridized carbons (Fsp3) is 0.545. The van der Waals surface area contributed by atoms with E-state index in [0.717, 1.165) is 61.5 Å². The first kappa shape index (κ1) is 17.0. The number of aromatic nitrogens is 1. The number of benzene rings is 1. The molecule has 3 aliphatic rings. The monoisotopic (exact) mass is 366 g/mol. The lowest BCUT2D eigenvalue weighted by atomic mass is 9.87. The molecule has 2 aliphatic heterocycles. The lowest BCUT2D eigenvalue weighted by molar-refractivity contribution is -0.127. The van der Waals surface area contributed by atoms with Gasteiger partial charge < -0.3 is 14.8 Å². The molecule has 5 heteroatoms. The van der Waals surface area contributed by atoms with Crippen LogP contribution in [-0.2, 0) is 9.53 Å². The highest BCUT2D eigenvalue weighted by Gasteiger charge is 2.44. The van der Waals surface area contributed by atoms with Crippen molar-refractivity contribution in [3.63, 3.8) is 0 Å². The minimum absolute atomic E-state index is 0.0713. The number of ether oxygens (including phenoxy) is 2. The van der Waals surface area contributed by atoms with Gasteiger partial charge in [0, 0.05) is 29.2 Å². The SMILES string of the molecule is O=C(NC1CCC(Oc2cccc3cnccc23)CC1)[C@@H]1C[C@@H]2CC[C@H]1O2. The maximum atomic E-state index is 12.6. The molecule has 1 amide bonds. The summed E-state index contributed by atoms with van der Waals surface area (Å²) in [6.45, 7) is 0. The van der Waals surface area contributed by atoms with Crippen LogP contribution in [0.15, 0.2) is 36.7 Å². The molecule has 142 valence electrons. The van der Waals surface area contributed by atoms with Crippen molar-refractivity contribution in [2.75, 3.05) is 0 Å². The Morgan fingerprint density at radius 2 is 2.00 bits per heavy atom. The third-order valence-corrected chi connectivity index (χ3v) is 6.40. The molecule has 1 saturated carbocycles. The molecule has 0 unspecified atom stereocenters. The summed E-state index contributed by atoms with van der Waals surface area (Å²) in [6.07, 6.45) is 11.4. The Kier molecular flexibility index (Phi) is 4.48. The first-order valence-electron chi connectivity index (χ1n) is 10.2. The zero-order chi connectivity index (χ0) is 18.2. The largest absolute Gasteiger partial charge is 0.490 e. The summed E-state index contributed by atoms with van der Waals surface area (Å²) in [4.78, 5) is 16.8. The van der Waals surface area contributed by atoms with E-state index in [1.54, 1.807) is 6.20 Å². The summed E-state index contributed by atoms with van der Waals surface area (Å²) >= 11 is 0. The standard InChI is InChI=1S/C22H26N2O3/c25-22(19-12-17-8-9-21(19)27-17)24-15-4-6-16(7-5-15)26-20-3-1-2-14-13-23-11-10-18(14)20/h1-3,10-11,13,15-17,19,21H,4-9,12H2,(H,24,25)/t15?,16?,17-,19+,21+/m0/s1. The van der Waals surface area contributed by atoms with E-state index in [1.807, 2.05) is 24.4 Å². The van der Waals surface area contributed by atoms with Crippen molar-refractivity contribution in [3.8, 4) is 5.75 Å². The van der Waals surface area contributed by atoms with E-state index in [9.17, 15) is 4.79 Å². The van der Waals surface area contributed by atoms with Crippen LogP contribution in [0, 0.1) is 5.92 Å². The maximum absolute atomic E-state index is 12.6. The second-order valence-electron chi connectivity index (χ2n) is 8.17. The predicted molar refractivity (Wildman–Crippen MR) is 103 cm³/mol. The Labute approximate surface area is 159 Å². The van der Waals surface area contributed by atoms with Gasteiger partial charge in [0.15, 0.2) is 0 Å². The average Bonchev–Trinajstić information content (AvgIpc) is 3.33. The minimum atomic E-state index is 0.0713. The fourth-order valence-electron chi connectivity index (χ4n) is 4.92. The number of amides is 1. The molecule has 3 atom stereocenters. The van der Waals surface area contributed by atoms with E-state index in [0.29, 0.717) is 6.10 Å². The van der Waals surface area contributed by atoms with Gasteiger partial charge in [-0.15, -0.1) is 0 Å². The van der Waals surface area contributed by atoms with Crippen LogP contribution < -0.4 is 10.1 Å². The molecule has 3 heterocycles. The quantitative estimate of drug-likeness (QED) is 0.898. The molecular formula is C22H26N2O3. The minimum Gasteiger partial charge on any atom is -0.490 e. The van der Waals surface area contributed by atoms with Gasteiger partial charge in [0.05, 0.1) is 24.2 Å². The molecule has 1 aromatic carbocycles. The van der Waals surface area contributed by atoms with Crippen LogP contribution in [-0.4, -0.2) is 35.2 Å². The summed E-state index contributed by atoms with van der Waals surface area (Å²) in [5, 5.41) is 5.49. The van der Waals surface area contributed by atoms with Gasteiger partial charge in [0.25, 0.3) is 0 Å². The highest BCUT2D eigenvalue weighted by molar-refractivity contribution is 5.87. The van der Waals surface area contributed by atoms with Crippen molar-refractivity contribution in [2.24, 2.45) is 5.92 Å². The average molecular weight is 366 g/mol. The smallest absolute Gasteiger partial charge is 0.226 e. The summed E-state index contributed by atoms with van der Waals surface area (Å²) < 4.78 is 12.1. The zero-order valence-corrected chi connectivity index (χ0v) is 15.5. The van der Waals surface area contributed by atoms with E-state index in [1.165, 1.54) is 0 Å². The number of carbonyl (C=O) groups excluding carboxylic acids is 1. The van der Waals surface area contributed by atoms with E-state index in [4.69, 9.17) is 9.47 Å². The fourth-order valence-corrected chi connectivity index (χ4v) is 4.92. The van der Waals surface area contributed by atoms with Crippen LogP contribution in [0.1, 0.15) is 44.9 Å². The third-order valence-electron chi connectivity index (χ3n) is 6.40. The van der Waals surface area contributed by atoms with Crippen LogP contribution in [0.5, 0.6) is 5.75 Å². The van der Waals surface area contributed by atoms with E-state index in [-0.39, 0.29) is 30.1 Å². The molecule has 2 bridgehead atoms. The van der Waals surface area contributed by atoms with Gasteiger partial charge in [0.1, 0.15) is 5.75 Å². The van der Waals surface area contributed by atoms with E-state index in [2.05, 4.69) is 16.4 Å². The van der Waals surface area contributed by atoms with Crippen molar-refractivity contribution in [2.45, 2.75) is 69.3 Å². The van der Waals surface area contributed by atoms with Crippen LogP contribution in [0.4, 0.5) is 0 Å². The Morgan fingerprint density at radius 3 is 2.78 bits per heavy atom. The number of pyridine rings is 1. The molecule has 5 nitrogen and oxygen atoms in total. The van der Waals surface area contributed by atoms with Crippen molar-refractivity contribution in [1.29, 1.82) is 0 Å². The number of nitrogens with zero attached hydrogens (tertiary/aromatic N) is 1. The van der Waals surface area contributed by atoms with Crippen LogP contribution in [0.2, 0.25) is 0 Å². The topological polar surface area (TPSA) is 60.5 Å². The Bertz CT molecular complexity index is 826. The van der Waals surface area contributed by atoms with Gasteiger partial charge in [-0.2, -0.15) is 0 Å². The van der Waals surface area contributed by atoms with Crippen LogP contribution >= 0.6 is 0 Å². The Balaban J connectivity index is 1.15. The van der Waals surface area contributed by atoms with Crippen molar-refractivity contribution in [1.82, 2.24) is 10.3 Å². The summed E-state index contributed by atoms with van der Waals surface area (Å²) in [7, 11) is 0. The lowest BCUT2D eigenvalue weighted by Crippen LogP contribution is -2.44. The van der Waals surface area contributed by atoms with Gasteiger partial charge in [-0.3, -0.25) is 9.78 Å². The van der Waals surface area contributed by atoms with Crippen molar-refractivity contribution >= 4 is 16.7 Å². The maximum Gasteiger partial charge on any atom is 0.226 e. The molecular weight excluding hydrogens is 340 g/mol. The zero-order valence-electron chi connectivity index (χ0n) is 15.5. The summed E-state index contributed by atoms with van der Waals surface area (Å²) in [5.41, 5.74) is 0. The molecule has 5 rings (SSSR count). The van der Waals surface area contributed by atoms with Crippen molar-refractivity contribution < 1.29 is 14.3 Å². The number of hydrogen-bond acceptors (Lipinski definition) is 4. The highest BCUT2D eigenvalue weighted by atomic mass is 16.5. The third kappa shape index (κ3) is 3.41. The number of carbonyl (C=O) groups is 1. The first-order chi connectivity index (χ1) is 13.3. The molecule has 0 spiro atoms. The van der Waals surface area contributed by atoms with Crippen molar-refractivity contribution in [3.05, 3.63) is 36.7 Å². The number of nitrogens with one attached hydrogen (secondary N) is 1. The van der Waals surface area contributed by atoms with Gasteiger partial charge in [-0.1, -0.05) is 12.1 Å². The number of rotatable bonds is 4. The molecule has 3 fully saturated rings. The summed E-state index contributed by atoms with van der Waals surface area (Å²) in [5.74, 6) is 1.21. The van der Waals surface area contributed by atoms with E-state index >= 15 is 0 Å². The highest BCUT2D eigenvalue weighted by Crippen LogP contribution is 2.39. The van der Waals surface area contributed by atoms with Crippen LogP contribution in [0.3, 0.4) is 0 Å². The molecule has 0 radical (unpaired) electrons. The van der Waals surface area contributed by atoms with Gasteiger partial charge in [0.2, 0.25) is 5.91 Å². The first-order valence-corrected chi connectivity index (χ1v) is 10.2. The van der Waals surface area contributed by atoms with Gasteiger partial charge in [-0.25, -0.2) is 0 Å². The van der Waals surface area contributed by atoms with E-state index < -0.39 is 0 Å². The second kappa shape index (κ2) is 7.12. The molecule has 1 aliphatic carbocycles. The molecule has 27 heavy (non-hydrogen) atoms. The summed E-state index contributed by atoms with van der Waals surface area (Å²) in [6, 6.07) is 8.39. The Morgan fingerprint density at radius 1 is 1.11 bits per heavy atom. The number of fused-ring (bicyclic) bond motifs is 3. The predicted octanol–water partition coefficient (Wildman–Crippen LogP) is 3.61. The normalized spacial score (nSPS) is 32.5. The molecule has 2 aromatic rings. The molecule has 2 saturated heterocycles. The molecule has 1 N–H and O–H groups in total.